The van der Waals surface area contributed by atoms with Crippen LogP contribution in [0.5, 0.6) is 0 Å². The van der Waals surface area contributed by atoms with E-state index in [-0.39, 0.29) is 22.8 Å². The Balaban J connectivity index is 1.68. The number of thiocarbonyl (C=S) groups is 1. The van der Waals surface area contributed by atoms with Gasteiger partial charge in [0, 0.05) is 29.3 Å². The van der Waals surface area contributed by atoms with E-state index in [1.807, 2.05) is 12.3 Å². The van der Waals surface area contributed by atoms with E-state index < -0.39 is 9.84 Å². The van der Waals surface area contributed by atoms with Crippen molar-refractivity contribution < 1.29 is 8.42 Å². The number of thioether (sulfide) groups is 1. The van der Waals surface area contributed by atoms with E-state index in [2.05, 4.69) is 9.88 Å². The number of hydrogen-bond donors (Lipinski definition) is 0. The van der Waals surface area contributed by atoms with Crippen LogP contribution in [0.1, 0.15) is 10.7 Å². The third kappa shape index (κ3) is 2.81. The monoisotopic (exact) mass is 334 g/mol. The number of sulfone groups is 1. The summed E-state index contributed by atoms with van der Waals surface area (Å²) in [5.74, 6) is 0.525. The van der Waals surface area contributed by atoms with Gasteiger partial charge in [-0.05, 0) is 6.92 Å². The van der Waals surface area contributed by atoms with E-state index in [9.17, 15) is 8.42 Å². The van der Waals surface area contributed by atoms with E-state index in [1.54, 1.807) is 23.1 Å². The highest BCUT2D eigenvalue weighted by Gasteiger charge is 2.47. The average molecular weight is 335 g/mol. The number of aryl methyl sites for hydroxylation is 1. The van der Waals surface area contributed by atoms with Crippen LogP contribution in [0.2, 0.25) is 0 Å². The Morgan fingerprint density at radius 2 is 2.32 bits per heavy atom. The molecule has 8 heteroatoms. The molecule has 104 valence electrons. The van der Waals surface area contributed by atoms with Gasteiger partial charge in [0.05, 0.1) is 22.6 Å². The van der Waals surface area contributed by atoms with Gasteiger partial charge in [-0.2, -0.15) is 0 Å². The van der Waals surface area contributed by atoms with Gasteiger partial charge in [-0.25, -0.2) is 13.4 Å². The minimum atomic E-state index is -2.88. The van der Waals surface area contributed by atoms with Crippen LogP contribution in [0, 0.1) is 6.92 Å². The van der Waals surface area contributed by atoms with Gasteiger partial charge in [-0.1, -0.05) is 24.0 Å². The molecule has 19 heavy (non-hydrogen) atoms. The highest BCUT2D eigenvalue weighted by Crippen LogP contribution is 2.38. The van der Waals surface area contributed by atoms with Gasteiger partial charge in [-0.15, -0.1) is 11.3 Å². The van der Waals surface area contributed by atoms with E-state index in [0.717, 1.165) is 28.0 Å². The molecule has 0 bridgehead atoms. The van der Waals surface area contributed by atoms with Crippen molar-refractivity contribution in [3.63, 3.8) is 0 Å². The molecule has 2 aliphatic rings. The van der Waals surface area contributed by atoms with Gasteiger partial charge in [0.25, 0.3) is 0 Å². The third-order valence-electron chi connectivity index (χ3n) is 3.39. The summed E-state index contributed by atoms with van der Waals surface area (Å²) in [4.78, 5) is 6.52. The predicted octanol–water partition coefficient (Wildman–Crippen LogP) is 1.49. The molecule has 4 nitrogen and oxygen atoms in total. The van der Waals surface area contributed by atoms with Crippen LogP contribution in [0.25, 0.3) is 0 Å². The molecule has 2 fully saturated rings. The summed E-state index contributed by atoms with van der Waals surface area (Å²) < 4.78 is 24.2. The summed E-state index contributed by atoms with van der Waals surface area (Å²) in [6.45, 7) is 2.76. The Labute approximate surface area is 126 Å². The Kier molecular flexibility index (Phi) is 3.61. The lowest BCUT2D eigenvalue weighted by molar-refractivity contribution is 0.365. The molecule has 1 aromatic rings. The lowest BCUT2D eigenvalue weighted by Crippen LogP contribution is -2.38. The van der Waals surface area contributed by atoms with Crippen LogP contribution in [0.4, 0.5) is 0 Å². The standard InChI is InChI=1S/C11H14N2O2S4/c1-7-4-17-10(12-7)2-3-13-8-5-19(14,15)6-9(8)18-11(13)16/h4,8-9H,2-3,5-6H2,1H3/t8-,9+/m0/s1. The maximum atomic E-state index is 11.7. The Hall–Kier alpha value is -0.180. The summed E-state index contributed by atoms with van der Waals surface area (Å²) in [5.41, 5.74) is 1.04. The van der Waals surface area contributed by atoms with Crippen molar-refractivity contribution in [2.24, 2.45) is 0 Å². The Morgan fingerprint density at radius 1 is 1.53 bits per heavy atom. The largest absolute Gasteiger partial charge is 0.352 e. The molecule has 2 aliphatic heterocycles. The van der Waals surface area contributed by atoms with E-state index in [4.69, 9.17) is 12.2 Å². The molecule has 0 spiro atoms. The summed E-state index contributed by atoms with van der Waals surface area (Å²) >= 11 is 8.57. The van der Waals surface area contributed by atoms with Crippen molar-refractivity contribution in [3.8, 4) is 0 Å². The average Bonchev–Trinajstić information content (AvgIpc) is 2.90. The SMILES string of the molecule is Cc1csc(CCN2C(=S)S[C@@H]3CS(=O)(=O)C[C@@H]32)n1. The van der Waals surface area contributed by atoms with Gasteiger partial charge in [0.2, 0.25) is 0 Å². The molecule has 3 heterocycles. The number of nitrogens with zero attached hydrogens (tertiary/aromatic N) is 2. The fourth-order valence-corrected chi connectivity index (χ4v) is 7.71. The van der Waals surface area contributed by atoms with Gasteiger partial charge >= 0.3 is 0 Å². The Bertz CT molecular complexity index is 610. The van der Waals surface area contributed by atoms with Crippen LogP contribution in [-0.4, -0.2) is 52.0 Å². The van der Waals surface area contributed by atoms with Crippen LogP contribution >= 0.6 is 35.3 Å². The topological polar surface area (TPSA) is 50.3 Å². The lowest BCUT2D eigenvalue weighted by Gasteiger charge is -2.23. The highest BCUT2D eigenvalue weighted by molar-refractivity contribution is 8.24. The smallest absolute Gasteiger partial charge is 0.153 e. The van der Waals surface area contributed by atoms with Crippen LogP contribution in [0.3, 0.4) is 0 Å². The molecule has 3 rings (SSSR count). The molecule has 0 N–H and O–H groups in total. The summed E-state index contributed by atoms with van der Waals surface area (Å²) in [7, 11) is -2.88. The van der Waals surface area contributed by atoms with Crippen molar-refractivity contribution in [1.29, 1.82) is 0 Å². The molecular formula is C11H14N2O2S4. The van der Waals surface area contributed by atoms with Crippen molar-refractivity contribution in [2.45, 2.75) is 24.6 Å². The number of thiazole rings is 1. The van der Waals surface area contributed by atoms with Gasteiger partial charge < -0.3 is 4.90 Å². The number of fused-ring (bicyclic) bond motifs is 1. The summed E-state index contributed by atoms with van der Waals surface area (Å²) in [6.07, 6.45) is 0.836. The summed E-state index contributed by atoms with van der Waals surface area (Å²) in [5, 5.41) is 3.26. The molecule has 0 unspecified atom stereocenters. The maximum Gasteiger partial charge on any atom is 0.153 e. The molecule has 0 radical (unpaired) electrons. The lowest BCUT2D eigenvalue weighted by atomic mass is 10.2. The van der Waals surface area contributed by atoms with Gasteiger partial charge in [0.1, 0.15) is 4.32 Å². The fraction of sp³-hybridized carbons (Fsp3) is 0.636. The van der Waals surface area contributed by atoms with Crippen LogP contribution in [0.15, 0.2) is 5.38 Å². The maximum absolute atomic E-state index is 11.7. The van der Waals surface area contributed by atoms with Crippen molar-refractivity contribution in [3.05, 3.63) is 16.1 Å². The number of rotatable bonds is 3. The van der Waals surface area contributed by atoms with Gasteiger partial charge in [-0.3, -0.25) is 0 Å². The minimum absolute atomic E-state index is 0.0727. The predicted molar refractivity (Wildman–Crippen MR) is 83.7 cm³/mol. The van der Waals surface area contributed by atoms with Crippen molar-refractivity contribution in [2.75, 3.05) is 18.1 Å². The molecule has 0 saturated carbocycles. The highest BCUT2D eigenvalue weighted by atomic mass is 32.2. The van der Waals surface area contributed by atoms with E-state index >= 15 is 0 Å². The molecule has 2 atom stereocenters. The quantitative estimate of drug-likeness (QED) is 0.781. The van der Waals surface area contributed by atoms with Crippen molar-refractivity contribution in [1.82, 2.24) is 9.88 Å². The second kappa shape index (κ2) is 4.98. The zero-order valence-electron chi connectivity index (χ0n) is 10.4. The fourth-order valence-electron chi connectivity index (χ4n) is 2.52. The zero-order valence-corrected chi connectivity index (χ0v) is 13.7. The first kappa shape index (κ1) is 13.8. The summed E-state index contributed by atoms with van der Waals surface area (Å²) in [6, 6.07) is 0.0727. The molecular weight excluding hydrogens is 320 g/mol. The van der Waals surface area contributed by atoms with Gasteiger partial charge in [0.15, 0.2) is 9.84 Å². The minimum Gasteiger partial charge on any atom is -0.352 e. The second-order valence-corrected chi connectivity index (χ2v) is 9.86. The molecule has 0 aromatic carbocycles. The zero-order chi connectivity index (χ0) is 13.6. The molecule has 1 aromatic heterocycles. The van der Waals surface area contributed by atoms with Crippen molar-refractivity contribution >= 4 is 49.5 Å². The first-order chi connectivity index (χ1) is 8.94. The molecule has 0 aliphatic carbocycles. The third-order valence-corrected chi connectivity index (χ3v) is 8.09. The van der Waals surface area contributed by atoms with E-state index in [0.29, 0.717) is 0 Å². The normalized spacial score (nSPS) is 28.9. The van der Waals surface area contributed by atoms with Crippen LogP contribution < -0.4 is 0 Å². The molecule has 0 amide bonds. The Morgan fingerprint density at radius 3 is 3.00 bits per heavy atom. The molecule has 2 saturated heterocycles. The van der Waals surface area contributed by atoms with Crippen LogP contribution in [-0.2, 0) is 16.3 Å². The van der Waals surface area contributed by atoms with E-state index in [1.165, 1.54) is 0 Å². The number of aromatic nitrogens is 1. The second-order valence-electron chi connectivity index (χ2n) is 4.89. The first-order valence-corrected chi connectivity index (χ1v) is 10.0. The number of hydrogen-bond acceptors (Lipinski definition) is 6. The first-order valence-electron chi connectivity index (χ1n) is 6.03.